The number of rotatable bonds is 7. The van der Waals surface area contributed by atoms with Crippen molar-refractivity contribution in [2.24, 2.45) is 0 Å². The number of aryl methyl sites for hydroxylation is 2. The molecule has 0 atom stereocenters. The van der Waals surface area contributed by atoms with Gasteiger partial charge in [0.05, 0.1) is 24.2 Å². The summed E-state index contributed by atoms with van der Waals surface area (Å²) in [5.74, 6) is 0.0987. The molecule has 0 aliphatic rings. The van der Waals surface area contributed by atoms with E-state index in [0.29, 0.717) is 28.5 Å². The van der Waals surface area contributed by atoms with Crippen LogP contribution in [-0.4, -0.2) is 38.2 Å². The number of carbonyl (C=O) groups is 1. The lowest BCUT2D eigenvalue weighted by molar-refractivity contribution is -0.114. The topological polar surface area (TPSA) is 104 Å². The summed E-state index contributed by atoms with van der Waals surface area (Å²) < 4.78 is 34.0. The van der Waals surface area contributed by atoms with Crippen molar-refractivity contribution in [1.29, 1.82) is 0 Å². The minimum absolute atomic E-state index is 0.0507. The van der Waals surface area contributed by atoms with Crippen LogP contribution in [0, 0.1) is 13.8 Å². The van der Waals surface area contributed by atoms with Crippen LogP contribution in [0.5, 0.6) is 5.75 Å². The van der Waals surface area contributed by atoms with Crippen molar-refractivity contribution in [3.05, 3.63) is 64.4 Å². The van der Waals surface area contributed by atoms with Crippen LogP contribution in [0.3, 0.4) is 0 Å². The second-order valence-corrected chi connectivity index (χ2v) is 9.24. The fraction of sp³-hybridized carbons (Fsp3) is 0.200. The minimum Gasteiger partial charge on any atom is -0.497 e. The van der Waals surface area contributed by atoms with E-state index in [1.54, 1.807) is 62.4 Å². The molecule has 8 nitrogen and oxygen atoms in total. The predicted octanol–water partition coefficient (Wildman–Crippen LogP) is 3.63. The first kappa shape index (κ1) is 21.8. The van der Waals surface area contributed by atoms with Crippen molar-refractivity contribution in [1.82, 2.24) is 10.2 Å². The molecule has 2 aromatic carbocycles. The van der Waals surface area contributed by atoms with Gasteiger partial charge in [0, 0.05) is 10.2 Å². The van der Waals surface area contributed by atoms with Gasteiger partial charge in [0.1, 0.15) is 17.2 Å². The molecule has 10 heteroatoms. The second-order valence-electron chi connectivity index (χ2n) is 6.53. The Labute approximate surface area is 183 Å². The highest BCUT2D eigenvalue weighted by Gasteiger charge is 2.31. The first-order valence-corrected chi connectivity index (χ1v) is 11.2. The number of halogens is 1. The molecule has 2 N–H and O–H groups in total. The molecule has 158 valence electrons. The normalized spacial score (nSPS) is 11.2. The lowest BCUT2D eigenvalue weighted by atomic mass is 10.3. The summed E-state index contributed by atoms with van der Waals surface area (Å²) in [5.41, 5.74) is 1.63. The summed E-state index contributed by atoms with van der Waals surface area (Å²) in [4.78, 5) is 12.8. The van der Waals surface area contributed by atoms with Crippen LogP contribution < -0.4 is 14.4 Å². The Balaban J connectivity index is 1.96. The van der Waals surface area contributed by atoms with E-state index in [4.69, 9.17) is 4.74 Å². The molecule has 30 heavy (non-hydrogen) atoms. The van der Waals surface area contributed by atoms with Gasteiger partial charge in [0.25, 0.3) is 10.0 Å². The fourth-order valence-electron chi connectivity index (χ4n) is 2.96. The van der Waals surface area contributed by atoms with Crippen LogP contribution in [0.2, 0.25) is 0 Å². The monoisotopic (exact) mass is 492 g/mol. The Hall–Kier alpha value is -2.85. The van der Waals surface area contributed by atoms with E-state index in [2.05, 4.69) is 31.4 Å². The third kappa shape index (κ3) is 4.65. The van der Waals surface area contributed by atoms with Gasteiger partial charge in [-0.2, -0.15) is 5.10 Å². The van der Waals surface area contributed by atoms with Crippen LogP contribution >= 0.6 is 15.9 Å². The summed E-state index contributed by atoms with van der Waals surface area (Å²) >= 11 is 3.34. The molecule has 1 amide bonds. The van der Waals surface area contributed by atoms with E-state index in [9.17, 15) is 13.2 Å². The van der Waals surface area contributed by atoms with Crippen LogP contribution in [0.4, 0.5) is 11.4 Å². The lowest BCUT2D eigenvalue weighted by Gasteiger charge is -2.24. The maximum Gasteiger partial charge on any atom is 0.268 e. The molecule has 0 radical (unpaired) electrons. The van der Waals surface area contributed by atoms with Gasteiger partial charge in [-0.25, -0.2) is 8.42 Å². The molecular weight excluding hydrogens is 472 g/mol. The highest BCUT2D eigenvalue weighted by atomic mass is 79.9. The van der Waals surface area contributed by atoms with E-state index in [-0.39, 0.29) is 4.90 Å². The van der Waals surface area contributed by atoms with Crippen molar-refractivity contribution >= 4 is 43.2 Å². The standard InChI is InChI=1S/C20H21BrN4O4S/c1-13-20(14(2)24-23-13)30(27,28)25(17-8-10-18(29-3)11-9-17)12-19(26)22-16-6-4-15(21)5-7-16/h4-11H,12H2,1-3H3,(H,22,26)(H,23,24). The summed E-state index contributed by atoms with van der Waals surface area (Å²) in [6, 6.07) is 13.5. The zero-order chi connectivity index (χ0) is 21.9. The molecular formula is C20H21BrN4O4S. The highest BCUT2D eigenvalue weighted by Crippen LogP contribution is 2.28. The third-order valence-corrected chi connectivity index (χ3v) is 6.95. The number of ether oxygens (including phenoxy) is 1. The summed E-state index contributed by atoms with van der Waals surface area (Å²) in [6.07, 6.45) is 0. The number of hydrogen-bond acceptors (Lipinski definition) is 5. The van der Waals surface area contributed by atoms with Crippen molar-refractivity contribution in [3.63, 3.8) is 0 Å². The zero-order valence-corrected chi connectivity index (χ0v) is 19.0. The van der Waals surface area contributed by atoms with Gasteiger partial charge < -0.3 is 10.1 Å². The Kier molecular flexibility index (Phi) is 6.47. The van der Waals surface area contributed by atoms with Gasteiger partial charge in [-0.05, 0) is 62.4 Å². The molecule has 3 aromatic rings. The van der Waals surface area contributed by atoms with E-state index in [1.807, 2.05) is 0 Å². The largest absolute Gasteiger partial charge is 0.497 e. The number of H-pyrrole nitrogens is 1. The number of hydrogen-bond donors (Lipinski definition) is 2. The van der Waals surface area contributed by atoms with E-state index >= 15 is 0 Å². The minimum atomic E-state index is -4.06. The van der Waals surface area contributed by atoms with Crippen molar-refractivity contribution in [3.8, 4) is 5.75 Å². The highest BCUT2D eigenvalue weighted by molar-refractivity contribution is 9.10. The maximum absolute atomic E-state index is 13.5. The molecule has 0 saturated heterocycles. The lowest BCUT2D eigenvalue weighted by Crippen LogP contribution is -2.38. The zero-order valence-electron chi connectivity index (χ0n) is 16.6. The third-order valence-electron chi connectivity index (χ3n) is 4.38. The number of amides is 1. The number of methoxy groups -OCH3 is 1. The number of nitrogens with zero attached hydrogens (tertiary/aromatic N) is 2. The summed E-state index contributed by atoms with van der Waals surface area (Å²) in [7, 11) is -2.53. The first-order chi connectivity index (χ1) is 14.2. The van der Waals surface area contributed by atoms with Gasteiger partial charge >= 0.3 is 0 Å². The van der Waals surface area contributed by atoms with Crippen LogP contribution in [-0.2, 0) is 14.8 Å². The molecule has 0 aliphatic carbocycles. The average molecular weight is 493 g/mol. The van der Waals surface area contributed by atoms with Crippen LogP contribution in [0.15, 0.2) is 57.9 Å². The van der Waals surface area contributed by atoms with E-state index in [1.165, 1.54) is 7.11 Å². The number of carbonyl (C=O) groups excluding carboxylic acids is 1. The maximum atomic E-state index is 13.5. The van der Waals surface area contributed by atoms with Gasteiger partial charge in [0.15, 0.2) is 0 Å². The molecule has 3 rings (SSSR count). The van der Waals surface area contributed by atoms with Gasteiger partial charge in [0.2, 0.25) is 5.91 Å². The molecule has 0 spiro atoms. The van der Waals surface area contributed by atoms with Crippen molar-refractivity contribution < 1.29 is 17.9 Å². The smallest absolute Gasteiger partial charge is 0.268 e. The number of sulfonamides is 1. The molecule has 0 aliphatic heterocycles. The second kappa shape index (κ2) is 8.88. The Morgan fingerprint density at radius 2 is 1.77 bits per heavy atom. The van der Waals surface area contributed by atoms with Gasteiger partial charge in [-0.15, -0.1) is 0 Å². The summed E-state index contributed by atoms with van der Waals surface area (Å²) in [5, 5.41) is 9.39. The average Bonchev–Trinajstić information content (AvgIpc) is 3.07. The molecule has 1 aromatic heterocycles. The fourth-order valence-corrected chi connectivity index (χ4v) is 4.98. The predicted molar refractivity (Wildman–Crippen MR) is 118 cm³/mol. The molecule has 0 bridgehead atoms. The van der Waals surface area contributed by atoms with Crippen molar-refractivity contribution in [2.45, 2.75) is 18.7 Å². The number of anilines is 2. The van der Waals surface area contributed by atoms with Gasteiger partial charge in [-0.3, -0.25) is 14.2 Å². The SMILES string of the molecule is COc1ccc(N(CC(=O)Nc2ccc(Br)cc2)S(=O)(=O)c2c(C)n[nH]c2C)cc1. The van der Waals surface area contributed by atoms with E-state index in [0.717, 1.165) is 8.78 Å². The van der Waals surface area contributed by atoms with Gasteiger partial charge in [-0.1, -0.05) is 15.9 Å². The van der Waals surface area contributed by atoms with Crippen molar-refractivity contribution in [2.75, 3.05) is 23.3 Å². The molecule has 1 heterocycles. The summed E-state index contributed by atoms with van der Waals surface area (Å²) in [6.45, 7) is 2.82. The number of aromatic nitrogens is 2. The van der Waals surface area contributed by atoms with Crippen LogP contribution in [0.25, 0.3) is 0 Å². The molecule has 0 unspecified atom stereocenters. The molecule has 0 saturated carbocycles. The Bertz CT molecular complexity index is 1120. The number of benzene rings is 2. The number of nitrogens with one attached hydrogen (secondary N) is 2. The number of aromatic amines is 1. The quantitative estimate of drug-likeness (QED) is 0.523. The van der Waals surface area contributed by atoms with E-state index < -0.39 is 22.5 Å². The Morgan fingerprint density at radius 3 is 2.30 bits per heavy atom. The Morgan fingerprint density at radius 1 is 1.13 bits per heavy atom. The molecule has 0 fully saturated rings. The first-order valence-electron chi connectivity index (χ1n) is 8.96. The van der Waals surface area contributed by atoms with Crippen LogP contribution in [0.1, 0.15) is 11.4 Å².